The molecule has 0 bridgehead atoms. The maximum Gasteiger partial charge on any atom is 0.343 e. The van der Waals surface area contributed by atoms with Gasteiger partial charge in [0.1, 0.15) is 11.4 Å². The van der Waals surface area contributed by atoms with Gasteiger partial charge in [0.2, 0.25) is 5.43 Å². The monoisotopic (exact) mass is 278 g/mol. The lowest BCUT2D eigenvalue weighted by molar-refractivity contribution is 0.0524. The molecule has 2 aromatic rings. The first-order chi connectivity index (χ1) is 9.49. The number of aromatic nitrogens is 1. The predicted octanol–water partition coefficient (Wildman–Crippen LogP) is 1.92. The second-order valence-electron chi connectivity index (χ2n) is 4.27. The molecule has 1 aromatic heterocycles. The molecule has 0 saturated carbocycles. The van der Waals surface area contributed by atoms with Gasteiger partial charge in [0.05, 0.1) is 17.8 Å². The minimum atomic E-state index is -0.709. The number of hydrogen-bond donors (Lipinski definition) is 1. The Morgan fingerprint density at radius 1 is 1.40 bits per heavy atom. The fourth-order valence-corrected chi connectivity index (χ4v) is 2.04. The van der Waals surface area contributed by atoms with Crippen molar-refractivity contribution in [3.05, 3.63) is 39.9 Å². The highest BCUT2D eigenvalue weighted by atomic mass is 19.1. The number of carbonyl (C=O) groups excluding carboxylic acids is 1. The number of fused-ring (bicyclic) bond motifs is 1. The summed E-state index contributed by atoms with van der Waals surface area (Å²) < 4.78 is 20.1. The van der Waals surface area contributed by atoms with E-state index in [0.717, 1.165) is 6.07 Å². The molecular weight excluding hydrogens is 263 g/mol. The number of carbonyl (C=O) groups is 1. The topological polar surface area (TPSA) is 74.3 Å². The van der Waals surface area contributed by atoms with Crippen molar-refractivity contribution >= 4 is 22.6 Å². The van der Waals surface area contributed by atoms with Crippen LogP contribution in [0.1, 0.15) is 24.2 Å². The van der Waals surface area contributed by atoms with Crippen molar-refractivity contribution < 1.29 is 13.9 Å². The summed E-state index contributed by atoms with van der Waals surface area (Å²) in [4.78, 5) is 24.0. The van der Waals surface area contributed by atoms with Crippen LogP contribution in [0.5, 0.6) is 0 Å². The molecule has 6 heteroatoms. The summed E-state index contributed by atoms with van der Waals surface area (Å²) in [7, 11) is 0. The zero-order valence-electron chi connectivity index (χ0n) is 11.3. The molecule has 1 heterocycles. The largest absolute Gasteiger partial charge is 0.462 e. The molecule has 0 atom stereocenters. The smallest absolute Gasteiger partial charge is 0.343 e. The SMILES string of the molecule is CCOC(=O)c1cn(CC)c2cc(N)c(F)cc2c1=O. The number of nitrogens with two attached hydrogens (primary N) is 1. The zero-order chi connectivity index (χ0) is 14.9. The summed E-state index contributed by atoms with van der Waals surface area (Å²) in [6.07, 6.45) is 1.42. The number of nitrogen functional groups attached to an aromatic ring is 1. The van der Waals surface area contributed by atoms with Gasteiger partial charge in [0.25, 0.3) is 0 Å². The molecule has 1 aromatic carbocycles. The van der Waals surface area contributed by atoms with Gasteiger partial charge in [0, 0.05) is 18.1 Å². The number of halogens is 1. The van der Waals surface area contributed by atoms with Gasteiger partial charge in [-0.15, -0.1) is 0 Å². The van der Waals surface area contributed by atoms with E-state index in [-0.39, 0.29) is 23.2 Å². The molecule has 0 aliphatic carbocycles. The molecule has 0 unspecified atom stereocenters. The standard InChI is InChI=1S/C14H15FN2O3/c1-3-17-7-9(14(19)20-4-2)13(18)8-5-10(15)11(16)6-12(8)17/h5-7H,3-4,16H2,1-2H3. The van der Waals surface area contributed by atoms with Gasteiger partial charge in [-0.3, -0.25) is 4.79 Å². The number of rotatable bonds is 3. The van der Waals surface area contributed by atoms with E-state index in [1.807, 2.05) is 6.92 Å². The van der Waals surface area contributed by atoms with Gasteiger partial charge in [-0.05, 0) is 26.0 Å². The lowest BCUT2D eigenvalue weighted by Gasteiger charge is -2.12. The second kappa shape index (κ2) is 5.32. The Labute approximate surface area is 114 Å². The van der Waals surface area contributed by atoms with Crippen molar-refractivity contribution in [2.45, 2.75) is 20.4 Å². The molecule has 0 amide bonds. The predicted molar refractivity (Wildman–Crippen MR) is 74.2 cm³/mol. The fourth-order valence-electron chi connectivity index (χ4n) is 2.04. The molecule has 0 aliphatic rings. The van der Waals surface area contributed by atoms with Crippen molar-refractivity contribution in [1.82, 2.24) is 4.57 Å². The minimum absolute atomic E-state index is 0.0389. The molecule has 0 aliphatic heterocycles. The third-order valence-electron chi connectivity index (χ3n) is 3.03. The van der Waals surface area contributed by atoms with Crippen LogP contribution < -0.4 is 11.2 Å². The number of benzene rings is 1. The van der Waals surface area contributed by atoms with Crippen LogP contribution in [0.3, 0.4) is 0 Å². The van der Waals surface area contributed by atoms with Gasteiger partial charge in [-0.25, -0.2) is 9.18 Å². The van der Waals surface area contributed by atoms with Crippen LogP contribution in [0.4, 0.5) is 10.1 Å². The molecule has 20 heavy (non-hydrogen) atoms. The van der Waals surface area contributed by atoms with E-state index >= 15 is 0 Å². The number of aryl methyl sites for hydroxylation is 1. The quantitative estimate of drug-likeness (QED) is 0.687. The number of nitrogens with zero attached hydrogens (tertiary/aromatic N) is 1. The number of pyridine rings is 1. The first kappa shape index (κ1) is 14.0. The average Bonchev–Trinajstić information content (AvgIpc) is 2.42. The van der Waals surface area contributed by atoms with Gasteiger partial charge < -0.3 is 15.0 Å². The third-order valence-corrected chi connectivity index (χ3v) is 3.03. The third kappa shape index (κ3) is 2.24. The highest BCUT2D eigenvalue weighted by Gasteiger charge is 2.17. The minimum Gasteiger partial charge on any atom is -0.462 e. The second-order valence-corrected chi connectivity index (χ2v) is 4.27. The van der Waals surface area contributed by atoms with E-state index in [0.29, 0.717) is 12.1 Å². The van der Waals surface area contributed by atoms with Gasteiger partial charge in [-0.2, -0.15) is 0 Å². The number of anilines is 1. The average molecular weight is 278 g/mol. The Morgan fingerprint density at radius 3 is 2.70 bits per heavy atom. The Bertz CT molecular complexity index is 737. The molecule has 0 saturated heterocycles. The van der Waals surface area contributed by atoms with Crippen molar-refractivity contribution in [1.29, 1.82) is 0 Å². The molecule has 106 valence electrons. The van der Waals surface area contributed by atoms with Gasteiger partial charge in [-0.1, -0.05) is 0 Å². The number of hydrogen-bond acceptors (Lipinski definition) is 4. The van der Waals surface area contributed by atoms with Crippen molar-refractivity contribution in [2.24, 2.45) is 0 Å². The summed E-state index contributed by atoms with van der Waals surface area (Å²) in [5, 5.41) is 0.115. The first-order valence-electron chi connectivity index (χ1n) is 6.28. The number of esters is 1. The molecule has 0 spiro atoms. The van der Waals surface area contributed by atoms with Crippen molar-refractivity contribution in [3.8, 4) is 0 Å². The van der Waals surface area contributed by atoms with Crippen LogP contribution in [0.15, 0.2) is 23.1 Å². The lowest BCUT2D eigenvalue weighted by atomic mass is 10.1. The first-order valence-corrected chi connectivity index (χ1v) is 6.28. The van der Waals surface area contributed by atoms with E-state index < -0.39 is 17.2 Å². The summed E-state index contributed by atoms with van der Waals surface area (Å²) in [5.41, 5.74) is 5.31. The molecule has 0 radical (unpaired) electrons. The van der Waals surface area contributed by atoms with Gasteiger partial charge in [0.15, 0.2) is 0 Å². The highest BCUT2D eigenvalue weighted by Crippen LogP contribution is 2.19. The lowest BCUT2D eigenvalue weighted by Crippen LogP contribution is -2.21. The van der Waals surface area contributed by atoms with E-state index in [1.54, 1.807) is 11.5 Å². The maximum absolute atomic E-state index is 13.6. The molecule has 5 nitrogen and oxygen atoms in total. The van der Waals surface area contributed by atoms with Crippen LogP contribution in [0, 0.1) is 5.82 Å². The van der Waals surface area contributed by atoms with Crippen LogP contribution in [0.25, 0.3) is 10.9 Å². The Kier molecular flexibility index (Phi) is 3.74. The maximum atomic E-state index is 13.6. The van der Waals surface area contributed by atoms with E-state index in [2.05, 4.69) is 0 Å². The summed E-state index contributed by atoms with van der Waals surface area (Å²) in [5.74, 6) is -1.39. The van der Waals surface area contributed by atoms with Crippen LogP contribution in [-0.4, -0.2) is 17.1 Å². The molecule has 2 N–H and O–H groups in total. The Balaban J connectivity index is 2.81. The molecule has 2 rings (SSSR count). The van der Waals surface area contributed by atoms with E-state index in [1.165, 1.54) is 12.3 Å². The Hall–Kier alpha value is -2.37. The zero-order valence-corrected chi connectivity index (χ0v) is 11.3. The summed E-state index contributed by atoms with van der Waals surface area (Å²) in [6.45, 7) is 4.17. The van der Waals surface area contributed by atoms with E-state index in [4.69, 9.17) is 10.5 Å². The highest BCUT2D eigenvalue weighted by molar-refractivity contribution is 5.94. The summed E-state index contributed by atoms with van der Waals surface area (Å²) >= 11 is 0. The normalized spacial score (nSPS) is 10.8. The van der Waals surface area contributed by atoms with Crippen LogP contribution >= 0.6 is 0 Å². The molecular formula is C14H15FN2O3. The Morgan fingerprint density at radius 2 is 2.10 bits per heavy atom. The van der Waals surface area contributed by atoms with Crippen LogP contribution in [-0.2, 0) is 11.3 Å². The van der Waals surface area contributed by atoms with E-state index in [9.17, 15) is 14.0 Å². The van der Waals surface area contributed by atoms with Crippen molar-refractivity contribution in [2.75, 3.05) is 12.3 Å². The number of ether oxygens (including phenoxy) is 1. The fraction of sp³-hybridized carbons (Fsp3) is 0.286. The van der Waals surface area contributed by atoms with Gasteiger partial charge >= 0.3 is 5.97 Å². The van der Waals surface area contributed by atoms with Crippen molar-refractivity contribution in [3.63, 3.8) is 0 Å². The summed E-state index contributed by atoms with van der Waals surface area (Å²) in [6, 6.07) is 2.45. The van der Waals surface area contributed by atoms with Crippen LogP contribution in [0.2, 0.25) is 0 Å². The molecule has 0 fully saturated rings.